The maximum atomic E-state index is 11.0. The molecule has 0 fully saturated rings. The summed E-state index contributed by atoms with van der Waals surface area (Å²) in [4.78, 5) is 27.5. The van der Waals surface area contributed by atoms with Crippen molar-refractivity contribution in [3.63, 3.8) is 0 Å². The van der Waals surface area contributed by atoms with Crippen LogP contribution in [0.2, 0.25) is 5.02 Å². The first kappa shape index (κ1) is 12.1. The average molecular weight is 252 g/mol. The molecule has 0 atom stereocenters. The molecule has 0 amide bonds. The second-order valence-electron chi connectivity index (χ2n) is 2.92. The summed E-state index contributed by atoms with van der Waals surface area (Å²) in [6.07, 6.45) is 0. The fourth-order valence-electron chi connectivity index (χ4n) is 1.12. The largest absolute Gasteiger partial charge is 0.363 e. The number of nitrogens with zero attached hydrogens (tertiary/aromatic N) is 1. The van der Waals surface area contributed by atoms with Crippen LogP contribution >= 0.6 is 19.2 Å². The van der Waals surface area contributed by atoms with Crippen molar-refractivity contribution in [2.45, 2.75) is 6.92 Å². The SMILES string of the molecule is Cc1cc(Cl)c([N+](=O)[O-])c(P(=O)(O)O)c1. The number of benzene rings is 1. The highest BCUT2D eigenvalue weighted by Gasteiger charge is 2.31. The van der Waals surface area contributed by atoms with E-state index in [1.165, 1.54) is 13.0 Å². The molecule has 0 bridgehead atoms. The first-order chi connectivity index (χ1) is 6.73. The maximum absolute atomic E-state index is 11.0. The quantitative estimate of drug-likeness (QED) is 0.469. The second kappa shape index (κ2) is 3.90. The zero-order chi connectivity index (χ0) is 11.8. The lowest BCUT2D eigenvalue weighted by Gasteiger charge is -2.07. The van der Waals surface area contributed by atoms with Crippen LogP contribution in [0.5, 0.6) is 0 Å². The minimum atomic E-state index is -4.69. The summed E-state index contributed by atoms with van der Waals surface area (Å²) >= 11 is 5.55. The molecule has 0 aromatic heterocycles. The molecule has 0 aliphatic carbocycles. The van der Waals surface area contributed by atoms with Gasteiger partial charge in [-0.2, -0.15) is 0 Å². The van der Waals surface area contributed by atoms with Gasteiger partial charge in [0.1, 0.15) is 10.3 Å². The Kier molecular flexibility index (Phi) is 3.16. The normalized spacial score (nSPS) is 11.5. The van der Waals surface area contributed by atoms with Crippen LogP contribution in [0.4, 0.5) is 5.69 Å². The Morgan fingerprint density at radius 2 is 2.00 bits per heavy atom. The molecule has 1 aromatic rings. The smallest absolute Gasteiger partial charge is 0.321 e. The highest BCUT2D eigenvalue weighted by molar-refractivity contribution is 7.60. The van der Waals surface area contributed by atoms with Crippen LogP contribution in [0.1, 0.15) is 5.56 Å². The van der Waals surface area contributed by atoms with Gasteiger partial charge in [0.05, 0.1) is 4.92 Å². The monoisotopic (exact) mass is 251 g/mol. The van der Waals surface area contributed by atoms with Gasteiger partial charge in [-0.05, 0) is 24.6 Å². The van der Waals surface area contributed by atoms with E-state index in [4.69, 9.17) is 21.4 Å². The topological polar surface area (TPSA) is 101 Å². The maximum Gasteiger partial charge on any atom is 0.363 e. The summed E-state index contributed by atoms with van der Waals surface area (Å²) in [5, 5.41) is 9.64. The van der Waals surface area contributed by atoms with Crippen molar-refractivity contribution in [1.82, 2.24) is 0 Å². The molecule has 6 nitrogen and oxygen atoms in total. The number of nitro groups is 1. The van der Waals surface area contributed by atoms with Gasteiger partial charge in [0.2, 0.25) is 0 Å². The molecule has 0 saturated heterocycles. The van der Waals surface area contributed by atoms with E-state index in [-0.39, 0.29) is 5.02 Å². The van der Waals surface area contributed by atoms with Crippen molar-refractivity contribution in [3.8, 4) is 0 Å². The molecule has 1 aromatic carbocycles. The zero-order valence-corrected chi connectivity index (χ0v) is 9.20. The van der Waals surface area contributed by atoms with Crippen molar-refractivity contribution in [1.29, 1.82) is 0 Å². The molecule has 0 heterocycles. The van der Waals surface area contributed by atoms with E-state index in [0.29, 0.717) is 5.56 Å². The van der Waals surface area contributed by atoms with E-state index < -0.39 is 23.5 Å². The Labute approximate surface area is 89.8 Å². The van der Waals surface area contributed by atoms with Crippen LogP contribution in [0.15, 0.2) is 12.1 Å². The molecule has 8 heteroatoms. The van der Waals surface area contributed by atoms with E-state index in [1.54, 1.807) is 0 Å². The molecule has 15 heavy (non-hydrogen) atoms. The van der Waals surface area contributed by atoms with Crippen molar-refractivity contribution < 1.29 is 19.3 Å². The van der Waals surface area contributed by atoms with Gasteiger partial charge in [-0.25, -0.2) is 0 Å². The van der Waals surface area contributed by atoms with E-state index in [2.05, 4.69) is 0 Å². The molecule has 0 aliphatic heterocycles. The number of rotatable bonds is 2. The molecule has 1 rings (SSSR count). The Bertz CT molecular complexity index is 469. The van der Waals surface area contributed by atoms with E-state index in [0.717, 1.165) is 6.07 Å². The van der Waals surface area contributed by atoms with Crippen LogP contribution < -0.4 is 5.30 Å². The predicted octanol–water partition coefficient (Wildman–Crippen LogP) is 1.36. The van der Waals surface area contributed by atoms with Gasteiger partial charge >= 0.3 is 13.3 Å². The average Bonchev–Trinajstić information content (AvgIpc) is 1.99. The predicted molar refractivity (Wildman–Crippen MR) is 54.5 cm³/mol. The highest BCUT2D eigenvalue weighted by Crippen LogP contribution is 2.40. The third-order valence-electron chi connectivity index (χ3n) is 1.68. The fourth-order valence-corrected chi connectivity index (χ4v) is 2.38. The molecule has 0 spiro atoms. The Morgan fingerprint density at radius 3 is 2.40 bits per heavy atom. The molecule has 82 valence electrons. The Balaban J connectivity index is 3.62. The van der Waals surface area contributed by atoms with Gasteiger partial charge in [0.25, 0.3) is 0 Å². The second-order valence-corrected chi connectivity index (χ2v) is 4.89. The zero-order valence-electron chi connectivity index (χ0n) is 7.55. The molecule has 0 radical (unpaired) electrons. The summed E-state index contributed by atoms with van der Waals surface area (Å²) in [6, 6.07) is 2.34. The lowest BCUT2D eigenvalue weighted by Crippen LogP contribution is -2.11. The van der Waals surface area contributed by atoms with Crippen LogP contribution in [-0.4, -0.2) is 14.7 Å². The molecule has 0 saturated carbocycles. The third-order valence-corrected chi connectivity index (χ3v) is 2.94. The van der Waals surface area contributed by atoms with Gasteiger partial charge in [0.15, 0.2) is 0 Å². The molecular weight excluding hydrogens is 245 g/mol. The van der Waals surface area contributed by atoms with Crippen LogP contribution in [0, 0.1) is 17.0 Å². The summed E-state index contributed by atoms with van der Waals surface area (Å²) in [5.41, 5.74) is -0.292. The van der Waals surface area contributed by atoms with Gasteiger partial charge in [-0.3, -0.25) is 14.7 Å². The van der Waals surface area contributed by atoms with Crippen LogP contribution in [0.3, 0.4) is 0 Å². The lowest BCUT2D eigenvalue weighted by molar-refractivity contribution is -0.383. The number of nitro benzene ring substituents is 1. The first-order valence-electron chi connectivity index (χ1n) is 3.74. The summed E-state index contributed by atoms with van der Waals surface area (Å²) in [5.74, 6) is 0. The third kappa shape index (κ3) is 2.54. The Hall–Kier alpha value is -0.940. The van der Waals surface area contributed by atoms with Gasteiger partial charge in [-0.15, -0.1) is 0 Å². The van der Waals surface area contributed by atoms with Gasteiger partial charge in [-0.1, -0.05) is 11.6 Å². The lowest BCUT2D eigenvalue weighted by atomic mass is 10.2. The summed E-state index contributed by atoms with van der Waals surface area (Å²) < 4.78 is 11.0. The number of hydrogen-bond donors (Lipinski definition) is 2. The number of hydrogen-bond acceptors (Lipinski definition) is 3. The van der Waals surface area contributed by atoms with Crippen LogP contribution in [0.25, 0.3) is 0 Å². The van der Waals surface area contributed by atoms with E-state index in [1.807, 2.05) is 0 Å². The highest BCUT2D eigenvalue weighted by atomic mass is 35.5. The number of halogens is 1. The molecule has 0 aliphatic rings. The van der Waals surface area contributed by atoms with Gasteiger partial charge < -0.3 is 9.79 Å². The van der Waals surface area contributed by atoms with Gasteiger partial charge in [0, 0.05) is 0 Å². The molecular formula is C7H7ClNO5P. The Morgan fingerprint density at radius 1 is 1.47 bits per heavy atom. The molecule has 2 N–H and O–H groups in total. The van der Waals surface area contributed by atoms with Crippen molar-refractivity contribution in [2.24, 2.45) is 0 Å². The number of aryl methyl sites for hydroxylation is 1. The summed E-state index contributed by atoms with van der Waals surface area (Å²) in [6.45, 7) is 1.54. The van der Waals surface area contributed by atoms with E-state index >= 15 is 0 Å². The van der Waals surface area contributed by atoms with Crippen LogP contribution in [-0.2, 0) is 4.57 Å². The van der Waals surface area contributed by atoms with Crippen molar-refractivity contribution in [3.05, 3.63) is 32.8 Å². The standard InChI is InChI=1S/C7H7ClNO5P/c1-4-2-5(8)7(9(10)11)6(3-4)15(12,13)14/h2-3H,1H3,(H2,12,13,14). The fraction of sp³-hybridized carbons (Fsp3) is 0.143. The van der Waals surface area contributed by atoms with Crippen molar-refractivity contribution >= 4 is 30.2 Å². The van der Waals surface area contributed by atoms with E-state index in [9.17, 15) is 14.7 Å². The first-order valence-corrected chi connectivity index (χ1v) is 5.73. The minimum absolute atomic E-state index is 0.279. The minimum Gasteiger partial charge on any atom is -0.321 e. The summed E-state index contributed by atoms with van der Waals surface area (Å²) in [7, 11) is -4.69. The van der Waals surface area contributed by atoms with Crippen molar-refractivity contribution in [2.75, 3.05) is 0 Å². The molecule has 0 unspecified atom stereocenters.